The molecule has 1 rings (SSSR count). The van der Waals surface area contributed by atoms with Gasteiger partial charge in [-0.3, -0.25) is 4.79 Å². The second-order valence-electron chi connectivity index (χ2n) is 3.31. The van der Waals surface area contributed by atoms with Crippen molar-refractivity contribution < 1.29 is 14.7 Å². The Hall–Kier alpha value is -0.970. The van der Waals surface area contributed by atoms with Crippen LogP contribution in [-0.4, -0.2) is 46.0 Å². The molecule has 1 unspecified atom stereocenters. The first-order valence-electron chi connectivity index (χ1n) is 4.94. The summed E-state index contributed by atoms with van der Waals surface area (Å²) >= 11 is 1.83. The quantitative estimate of drug-likeness (QED) is 0.730. The van der Waals surface area contributed by atoms with Gasteiger partial charge in [-0.05, 0) is 19.1 Å². The molecule has 1 fully saturated rings. The number of carbonyl (C=O) groups is 2. The Morgan fingerprint density at radius 2 is 2.27 bits per heavy atom. The summed E-state index contributed by atoms with van der Waals surface area (Å²) in [5.41, 5.74) is 0. The highest BCUT2D eigenvalue weighted by atomic mass is 32.2. The number of carboxylic acid groups (broad SMARTS) is 1. The third-order valence-electron chi connectivity index (χ3n) is 2.34. The van der Waals surface area contributed by atoms with E-state index in [-0.39, 0.29) is 11.9 Å². The highest BCUT2D eigenvalue weighted by Crippen LogP contribution is 2.22. The van der Waals surface area contributed by atoms with Crippen molar-refractivity contribution in [2.24, 2.45) is 0 Å². The molecule has 1 saturated heterocycles. The number of aliphatic carboxylic acids is 1. The fourth-order valence-electron chi connectivity index (χ4n) is 1.60. The molecule has 0 aliphatic carbocycles. The monoisotopic (exact) mass is 229 g/mol. The summed E-state index contributed by atoms with van der Waals surface area (Å²) in [6.07, 6.45) is 3.03. The molecule has 0 aromatic rings. The lowest BCUT2D eigenvalue weighted by Gasteiger charge is -2.25. The minimum atomic E-state index is -1.08. The van der Waals surface area contributed by atoms with Crippen LogP contribution in [0.5, 0.6) is 0 Å². The van der Waals surface area contributed by atoms with Crippen LogP contribution in [0.3, 0.4) is 0 Å². The third-order valence-corrected chi connectivity index (χ3v) is 3.48. The van der Waals surface area contributed by atoms with Gasteiger partial charge in [-0.1, -0.05) is 0 Å². The van der Waals surface area contributed by atoms with Crippen LogP contribution in [0.4, 0.5) is 0 Å². The molecule has 1 atom stereocenters. The molecular formula is C10H15NO3S. The molecular weight excluding hydrogens is 214 g/mol. The molecule has 0 aromatic carbocycles. The fraction of sp³-hybridized carbons (Fsp3) is 0.600. The number of nitrogens with zero attached hydrogens (tertiary/aromatic N) is 1. The summed E-state index contributed by atoms with van der Waals surface area (Å²) in [7, 11) is 0. The number of hydrogen-bond donors (Lipinski definition) is 1. The van der Waals surface area contributed by atoms with Gasteiger partial charge in [0, 0.05) is 30.5 Å². The Kier molecular flexibility index (Phi) is 4.68. The van der Waals surface area contributed by atoms with Gasteiger partial charge in [0.1, 0.15) is 0 Å². The zero-order valence-corrected chi connectivity index (χ0v) is 9.50. The van der Waals surface area contributed by atoms with E-state index in [0.717, 1.165) is 30.1 Å². The predicted octanol–water partition coefficient (Wildman–Crippen LogP) is 0.981. The van der Waals surface area contributed by atoms with E-state index in [1.165, 1.54) is 0 Å². The van der Waals surface area contributed by atoms with Gasteiger partial charge in [-0.25, -0.2) is 4.79 Å². The van der Waals surface area contributed by atoms with Gasteiger partial charge in [0.15, 0.2) is 0 Å². The maximum absolute atomic E-state index is 11.6. The lowest BCUT2D eigenvalue weighted by atomic mass is 10.2. The van der Waals surface area contributed by atoms with Gasteiger partial charge < -0.3 is 10.0 Å². The van der Waals surface area contributed by atoms with Crippen molar-refractivity contribution in [2.45, 2.75) is 19.4 Å². The van der Waals surface area contributed by atoms with E-state index >= 15 is 0 Å². The summed E-state index contributed by atoms with van der Waals surface area (Å²) in [6.45, 7) is 2.55. The SMILES string of the molecule is CCN(C(=O)/C=C/C(=O)O)C1CCSC1. The standard InChI is InChI=1S/C10H15NO3S/c1-2-11(8-5-6-15-7-8)9(12)3-4-10(13)14/h3-4,8H,2,5-7H2,1H3,(H,13,14)/b4-3+. The van der Waals surface area contributed by atoms with Crippen LogP contribution in [0.15, 0.2) is 12.2 Å². The van der Waals surface area contributed by atoms with Crippen LogP contribution < -0.4 is 0 Å². The van der Waals surface area contributed by atoms with E-state index in [1.807, 2.05) is 18.7 Å². The molecule has 1 aliphatic rings. The minimum Gasteiger partial charge on any atom is -0.478 e. The Balaban J connectivity index is 2.57. The zero-order valence-electron chi connectivity index (χ0n) is 8.68. The lowest BCUT2D eigenvalue weighted by Crippen LogP contribution is -2.39. The number of likely N-dealkylation sites (N-methyl/N-ethyl adjacent to an activating group) is 1. The second kappa shape index (κ2) is 5.80. The summed E-state index contributed by atoms with van der Waals surface area (Å²) in [5.74, 6) is 0.755. The molecule has 0 spiro atoms. The van der Waals surface area contributed by atoms with Crippen molar-refractivity contribution in [1.29, 1.82) is 0 Å². The maximum atomic E-state index is 11.6. The van der Waals surface area contributed by atoms with E-state index in [1.54, 1.807) is 4.90 Å². The summed E-state index contributed by atoms with van der Waals surface area (Å²) in [5, 5.41) is 8.42. The Labute approximate surface area is 93.3 Å². The third kappa shape index (κ3) is 3.58. The summed E-state index contributed by atoms with van der Waals surface area (Å²) in [6, 6.07) is 0.269. The number of hydrogen-bond acceptors (Lipinski definition) is 3. The van der Waals surface area contributed by atoms with E-state index < -0.39 is 5.97 Å². The van der Waals surface area contributed by atoms with Crippen LogP contribution in [0.25, 0.3) is 0 Å². The molecule has 1 amide bonds. The largest absolute Gasteiger partial charge is 0.478 e. The molecule has 0 bridgehead atoms. The van der Waals surface area contributed by atoms with Crippen molar-refractivity contribution in [3.05, 3.63) is 12.2 Å². The molecule has 0 aromatic heterocycles. The maximum Gasteiger partial charge on any atom is 0.328 e. The zero-order chi connectivity index (χ0) is 11.3. The van der Waals surface area contributed by atoms with Crippen molar-refractivity contribution >= 4 is 23.6 Å². The second-order valence-corrected chi connectivity index (χ2v) is 4.46. The van der Waals surface area contributed by atoms with E-state index in [2.05, 4.69) is 0 Å². The number of carboxylic acids is 1. The molecule has 1 heterocycles. The summed E-state index contributed by atoms with van der Waals surface area (Å²) < 4.78 is 0. The van der Waals surface area contributed by atoms with E-state index in [0.29, 0.717) is 6.54 Å². The van der Waals surface area contributed by atoms with Crippen LogP contribution in [0.1, 0.15) is 13.3 Å². The lowest BCUT2D eigenvalue weighted by molar-refractivity contribution is -0.132. The van der Waals surface area contributed by atoms with Gasteiger partial charge in [0.05, 0.1) is 0 Å². The topological polar surface area (TPSA) is 57.6 Å². The van der Waals surface area contributed by atoms with Crippen LogP contribution in [0, 0.1) is 0 Å². The Morgan fingerprint density at radius 1 is 1.53 bits per heavy atom. The molecule has 1 aliphatic heterocycles. The average Bonchev–Trinajstić information content (AvgIpc) is 2.69. The van der Waals surface area contributed by atoms with Crippen molar-refractivity contribution in [1.82, 2.24) is 4.90 Å². The number of thioether (sulfide) groups is 1. The summed E-state index contributed by atoms with van der Waals surface area (Å²) in [4.78, 5) is 23.6. The van der Waals surface area contributed by atoms with Gasteiger partial charge in [-0.2, -0.15) is 11.8 Å². The molecule has 15 heavy (non-hydrogen) atoms. The molecule has 5 heteroatoms. The molecule has 84 valence electrons. The fourth-order valence-corrected chi connectivity index (χ4v) is 2.82. The minimum absolute atomic E-state index is 0.201. The first kappa shape index (κ1) is 12.1. The van der Waals surface area contributed by atoms with E-state index in [4.69, 9.17) is 5.11 Å². The average molecular weight is 229 g/mol. The van der Waals surface area contributed by atoms with Crippen molar-refractivity contribution in [3.63, 3.8) is 0 Å². The normalized spacial score (nSPS) is 20.7. The smallest absolute Gasteiger partial charge is 0.328 e. The highest BCUT2D eigenvalue weighted by molar-refractivity contribution is 7.99. The van der Waals surface area contributed by atoms with Gasteiger partial charge in [-0.15, -0.1) is 0 Å². The van der Waals surface area contributed by atoms with Crippen LogP contribution in [-0.2, 0) is 9.59 Å². The molecule has 0 saturated carbocycles. The van der Waals surface area contributed by atoms with Crippen molar-refractivity contribution in [3.8, 4) is 0 Å². The first-order chi connectivity index (χ1) is 7.15. The van der Waals surface area contributed by atoms with Crippen LogP contribution >= 0.6 is 11.8 Å². The predicted molar refractivity (Wildman–Crippen MR) is 59.9 cm³/mol. The highest BCUT2D eigenvalue weighted by Gasteiger charge is 2.24. The Morgan fingerprint density at radius 3 is 2.73 bits per heavy atom. The van der Waals surface area contributed by atoms with E-state index in [9.17, 15) is 9.59 Å². The number of amides is 1. The molecule has 4 nitrogen and oxygen atoms in total. The van der Waals surface area contributed by atoms with Crippen LogP contribution in [0.2, 0.25) is 0 Å². The molecule has 0 radical (unpaired) electrons. The number of carbonyl (C=O) groups excluding carboxylic acids is 1. The van der Waals surface area contributed by atoms with Gasteiger partial charge in [0.2, 0.25) is 5.91 Å². The van der Waals surface area contributed by atoms with Gasteiger partial charge in [0.25, 0.3) is 0 Å². The molecule has 1 N–H and O–H groups in total. The van der Waals surface area contributed by atoms with Gasteiger partial charge >= 0.3 is 5.97 Å². The first-order valence-corrected chi connectivity index (χ1v) is 6.10. The Bertz CT molecular complexity index is 272. The van der Waals surface area contributed by atoms with Crippen molar-refractivity contribution in [2.75, 3.05) is 18.1 Å². The number of rotatable bonds is 4.